The number of hydrogen-bond acceptors (Lipinski definition) is 4. The van der Waals surface area contributed by atoms with E-state index in [2.05, 4.69) is 0 Å². The highest BCUT2D eigenvalue weighted by atomic mass is 32.2. The van der Waals surface area contributed by atoms with E-state index in [1.807, 2.05) is 29.2 Å². The molecule has 2 aliphatic heterocycles. The summed E-state index contributed by atoms with van der Waals surface area (Å²) in [5, 5.41) is 0. The van der Waals surface area contributed by atoms with Gasteiger partial charge in [0.15, 0.2) is 0 Å². The molecule has 8 heteroatoms. The molecule has 4 rings (SSSR count). The Morgan fingerprint density at radius 3 is 2.32 bits per heavy atom. The average molecular weight is 447 g/mol. The van der Waals surface area contributed by atoms with Crippen LogP contribution in [0.4, 0.5) is 4.39 Å². The minimum Gasteiger partial charge on any atom is -0.497 e. The Bertz CT molecular complexity index is 1030. The van der Waals surface area contributed by atoms with Gasteiger partial charge in [-0.25, -0.2) is 12.8 Å². The van der Waals surface area contributed by atoms with Gasteiger partial charge in [0.05, 0.1) is 13.2 Å². The third-order valence-electron chi connectivity index (χ3n) is 6.29. The molecular formula is C23H27FN2O4S. The number of carbonyl (C=O) groups is 1. The first-order valence-corrected chi connectivity index (χ1v) is 12.0. The van der Waals surface area contributed by atoms with Crippen molar-refractivity contribution in [1.82, 2.24) is 9.21 Å². The van der Waals surface area contributed by atoms with Gasteiger partial charge in [0.1, 0.15) is 16.5 Å². The Balaban J connectivity index is 1.42. The maximum atomic E-state index is 14.0. The summed E-state index contributed by atoms with van der Waals surface area (Å²) in [4.78, 5) is 14.9. The van der Waals surface area contributed by atoms with Crippen molar-refractivity contribution >= 4 is 15.9 Å². The van der Waals surface area contributed by atoms with Crippen molar-refractivity contribution in [2.75, 3.05) is 26.7 Å². The van der Waals surface area contributed by atoms with Gasteiger partial charge in [-0.15, -0.1) is 0 Å². The minimum atomic E-state index is -3.90. The molecule has 2 fully saturated rings. The smallest absolute Gasteiger partial charge is 0.245 e. The fourth-order valence-corrected chi connectivity index (χ4v) is 6.11. The molecular weight excluding hydrogens is 419 g/mol. The number of hydrogen-bond donors (Lipinski definition) is 0. The Morgan fingerprint density at radius 1 is 1.00 bits per heavy atom. The van der Waals surface area contributed by atoms with E-state index in [9.17, 15) is 17.6 Å². The molecule has 166 valence electrons. The number of ether oxygens (including phenoxy) is 1. The fourth-order valence-electron chi connectivity index (χ4n) is 4.57. The normalized spacial score (nSPS) is 20.7. The van der Waals surface area contributed by atoms with Gasteiger partial charge >= 0.3 is 0 Å². The molecule has 2 aromatic rings. The van der Waals surface area contributed by atoms with Crippen LogP contribution in [0.15, 0.2) is 53.4 Å². The largest absolute Gasteiger partial charge is 0.497 e. The van der Waals surface area contributed by atoms with Crippen LogP contribution in [0.5, 0.6) is 5.75 Å². The van der Waals surface area contributed by atoms with Crippen LogP contribution < -0.4 is 4.74 Å². The molecule has 1 amide bonds. The van der Waals surface area contributed by atoms with Crippen molar-refractivity contribution in [1.29, 1.82) is 0 Å². The zero-order chi connectivity index (χ0) is 22.0. The van der Waals surface area contributed by atoms with Crippen molar-refractivity contribution in [2.24, 2.45) is 5.92 Å². The van der Waals surface area contributed by atoms with E-state index >= 15 is 0 Å². The summed E-state index contributed by atoms with van der Waals surface area (Å²) in [6.45, 7) is 1.14. The molecule has 0 radical (unpaired) electrons. The van der Waals surface area contributed by atoms with Crippen molar-refractivity contribution in [2.45, 2.75) is 36.6 Å². The van der Waals surface area contributed by atoms with E-state index in [1.165, 1.54) is 22.5 Å². The molecule has 0 N–H and O–H groups in total. The third kappa shape index (κ3) is 4.32. The van der Waals surface area contributed by atoms with Gasteiger partial charge in [-0.2, -0.15) is 4.31 Å². The number of piperidine rings is 1. The molecule has 0 aliphatic carbocycles. The number of rotatable bonds is 5. The van der Waals surface area contributed by atoms with Crippen LogP contribution in [0.3, 0.4) is 0 Å². The summed E-state index contributed by atoms with van der Waals surface area (Å²) in [5.41, 5.74) is 1.09. The Morgan fingerprint density at radius 2 is 1.68 bits per heavy atom. The van der Waals surface area contributed by atoms with Crippen LogP contribution in [0.25, 0.3) is 0 Å². The van der Waals surface area contributed by atoms with E-state index in [4.69, 9.17) is 4.74 Å². The maximum Gasteiger partial charge on any atom is 0.245 e. The molecule has 0 aromatic heterocycles. The van der Waals surface area contributed by atoms with Crippen molar-refractivity contribution in [3.8, 4) is 5.75 Å². The van der Waals surface area contributed by atoms with Crippen molar-refractivity contribution in [3.05, 3.63) is 59.9 Å². The molecule has 31 heavy (non-hydrogen) atoms. The summed E-state index contributed by atoms with van der Waals surface area (Å²) >= 11 is 0. The fraction of sp³-hybridized carbons (Fsp3) is 0.435. The van der Waals surface area contributed by atoms with Gasteiger partial charge < -0.3 is 9.64 Å². The number of amides is 1. The van der Waals surface area contributed by atoms with E-state index < -0.39 is 15.8 Å². The van der Waals surface area contributed by atoms with E-state index in [0.29, 0.717) is 19.4 Å². The molecule has 2 aromatic carbocycles. The number of nitrogens with zero attached hydrogens (tertiary/aromatic N) is 2. The Kier molecular flexibility index (Phi) is 6.29. The third-order valence-corrected chi connectivity index (χ3v) is 8.23. The SMILES string of the molecule is COc1ccc(C2CCCN2C(=O)C2CCN(S(=O)(=O)c3ccccc3F)CC2)cc1. The van der Waals surface area contributed by atoms with Crippen LogP contribution in [-0.2, 0) is 14.8 Å². The van der Waals surface area contributed by atoms with Gasteiger partial charge in [0.2, 0.25) is 15.9 Å². The molecule has 6 nitrogen and oxygen atoms in total. The molecule has 0 saturated carbocycles. The lowest BCUT2D eigenvalue weighted by Crippen LogP contribution is -2.44. The second-order valence-electron chi connectivity index (χ2n) is 8.07. The molecule has 2 heterocycles. The molecule has 1 atom stereocenters. The first kappa shape index (κ1) is 21.8. The number of likely N-dealkylation sites (tertiary alicyclic amines) is 1. The van der Waals surface area contributed by atoms with Gasteiger partial charge in [-0.1, -0.05) is 24.3 Å². The molecule has 0 spiro atoms. The number of sulfonamides is 1. The van der Waals surface area contributed by atoms with Crippen molar-refractivity contribution < 1.29 is 22.3 Å². The zero-order valence-corrected chi connectivity index (χ0v) is 18.4. The first-order chi connectivity index (χ1) is 14.9. The Hall–Kier alpha value is -2.45. The van der Waals surface area contributed by atoms with Crippen LogP contribution in [0.1, 0.15) is 37.3 Å². The van der Waals surface area contributed by atoms with E-state index in [0.717, 1.165) is 30.2 Å². The summed E-state index contributed by atoms with van der Waals surface area (Å²) in [5.74, 6) is -0.102. The Labute approximate surface area is 182 Å². The lowest BCUT2D eigenvalue weighted by atomic mass is 9.95. The second-order valence-corrected chi connectivity index (χ2v) is 9.98. The first-order valence-electron chi connectivity index (χ1n) is 10.6. The van der Waals surface area contributed by atoms with Gasteiger partial charge in [-0.3, -0.25) is 4.79 Å². The van der Waals surface area contributed by atoms with Crippen LogP contribution >= 0.6 is 0 Å². The summed E-state index contributed by atoms with van der Waals surface area (Å²) in [7, 11) is -2.28. The maximum absolute atomic E-state index is 14.0. The highest BCUT2D eigenvalue weighted by Crippen LogP contribution is 2.36. The van der Waals surface area contributed by atoms with Crippen LogP contribution in [0.2, 0.25) is 0 Å². The van der Waals surface area contributed by atoms with Gasteiger partial charge in [0, 0.05) is 25.6 Å². The summed E-state index contributed by atoms with van der Waals surface area (Å²) < 4.78 is 46.2. The highest BCUT2D eigenvalue weighted by Gasteiger charge is 2.38. The molecule has 2 saturated heterocycles. The van der Waals surface area contributed by atoms with Gasteiger partial charge in [-0.05, 0) is 55.5 Å². The number of halogens is 1. The lowest BCUT2D eigenvalue weighted by Gasteiger charge is -2.34. The van der Waals surface area contributed by atoms with Crippen molar-refractivity contribution in [3.63, 3.8) is 0 Å². The molecule has 1 unspecified atom stereocenters. The molecule has 2 aliphatic rings. The van der Waals surface area contributed by atoms with Gasteiger partial charge in [0.25, 0.3) is 0 Å². The molecule has 0 bridgehead atoms. The van der Waals surface area contributed by atoms with E-state index in [-0.39, 0.29) is 35.9 Å². The monoisotopic (exact) mass is 446 g/mol. The topological polar surface area (TPSA) is 66.9 Å². The average Bonchev–Trinajstić information content (AvgIpc) is 3.29. The number of benzene rings is 2. The second kappa shape index (κ2) is 8.96. The standard InChI is InChI=1S/C23H27FN2O4S/c1-30-19-10-8-17(9-11-19)21-6-4-14-26(21)23(27)18-12-15-25(16-13-18)31(28,29)22-7-3-2-5-20(22)24/h2-3,5,7-11,18,21H,4,6,12-16H2,1H3. The van der Waals surface area contributed by atoms with Crippen LogP contribution in [0, 0.1) is 11.7 Å². The number of methoxy groups -OCH3 is 1. The highest BCUT2D eigenvalue weighted by molar-refractivity contribution is 7.89. The zero-order valence-electron chi connectivity index (χ0n) is 17.5. The lowest BCUT2D eigenvalue weighted by molar-refractivity contribution is -0.137. The van der Waals surface area contributed by atoms with Crippen LogP contribution in [-0.4, -0.2) is 50.3 Å². The number of carbonyl (C=O) groups excluding carboxylic acids is 1. The summed E-state index contributed by atoms with van der Waals surface area (Å²) in [6, 6.07) is 13.3. The summed E-state index contributed by atoms with van der Waals surface area (Å²) in [6.07, 6.45) is 2.75. The van der Waals surface area contributed by atoms with E-state index in [1.54, 1.807) is 7.11 Å². The predicted octanol–water partition coefficient (Wildman–Crippen LogP) is 3.60. The predicted molar refractivity (Wildman–Crippen MR) is 115 cm³/mol. The minimum absolute atomic E-state index is 0.0404. The quantitative estimate of drug-likeness (QED) is 0.704.